The molecule has 1 atom stereocenters. The van der Waals surface area contributed by atoms with Crippen molar-refractivity contribution in [1.29, 1.82) is 0 Å². The summed E-state index contributed by atoms with van der Waals surface area (Å²) in [5.41, 5.74) is 2.12. The molecule has 6 heteroatoms. The molecule has 0 aliphatic carbocycles. The molecule has 1 aliphatic heterocycles. The maximum atomic E-state index is 12.2. The summed E-state index contributed by atoms with van der Waals surface area (Å²) in [6, 6.07) is 17.5. The van der Waals surface area contributed by atoms with Crippen molar-refractivity contribution in [3.05, 3.63) is 65.7 Å². The van der Waals surface area contributed by atoms with Crippen LogP contribution in [0.15, 0.2) is 54.6 Å². The minimum Gasteiger partial charge on any atom is -0.497 e. The third kappa shape index (κ3) is 5.82. The fourth-order valence-corrected chi connectivity index (χ4v) is 3.15. The predicted octanol–water partition coefficient (Wildman–Crippen LogP) is 1.82. The van der Waals surface area contributed by atoms with Crippen molar-refractivity contribution in [1.82, 2.24) is 10.2 Å². The minimum atomic E-state index is -0.187. The van der Waals surface area contributed by atoms with Crippen LogP contribution < -0.4 is 10.1 Å². The summed E-state index contributed by atoms with van der Waals surface area (Å²) >= 11 is 0. The van der Waals surface area contributed by atoms with Crippen LogP contribution in [0.3, 0.4) is 0 Å². The Balaban J connectivity index is 1.43. The highest BCUT2D eigenvalue weighted by Crippen LogP contribution is 2.12. The maximum Gasteiger partial charge on any atom is 0.248 e. The minimum absolute atomic E-state index is 0.00302. The van der Waals surface area contributed by atoms with Crippen molar-refractivity contribution in [3.63, 3.8) is 0 Å². The molecule has 2 aromatic rings. The molecule has 1 fully saturated rings. The number of hydrogen-bond donors (Lipinski definition) is 1. The molecular weight excluding hydrogens is 356 g/mol. The molecule has 1 N–H and O–H groups in total. The number of morpholine rings is 1. The summed E-state index contributed by atoms with van der Waals surface area (Å²) in [4.78, 5) is 26.1. The van der Waals surface area contributed by atoms with E-state index >= 15 is 0 Å². The van der Waals surface area contributed by atoms with Gasteiger partial charge in [0.1, 0.15) is 12.4 Å². The van der Waals surface area contributed by atoms with Crippen LogP contribution in [-0.2, 0) is 27.2 Å². The van der Waals surface area contributed by atoms with E-state index in [1.807, 2.05) is 47.4 Å². The van der Waals surface area contributed by atoms with Crippen LogP contribution in [0, 0.1) is 0 Å². The first kappa shape index (κ1) is 19.9. The Morgan fingerprint density at radius 2 is 1.89 bits per heavy atom. The van der Waals surface area contributed by atoms with Crippen molar-refractivity contribution in [2.24, 2.45) is 0 Å². The van der Waals surface area contributed by atoms with E-state index in [0.29, 0.717) is 26.1 Å². The molecule has 148 valence electrons. The zero-order valence-corrected chi connectivity index (χ0v) is 16.1. The van der Waals surface area contributed by atoms with Crippen LogP contribution in [0.25, 0.3) is 0 Å². The standard InChI is InChI=1S/C22H26N2O4/c1-27-19-9-7-18(8-10-19)13-21(25)23-14-20-15-24(22(26)16-28-20)12-11-17-5-3-2-4-6-17/h2-10,20H,11-16H2,1H3,(H,23,25). The number of benzene rings is 2. The molecular formula is C22H26N2O4. The zero-order valence-electron chi connectivity index (χ0n) is 16.1. The van der Waals surface area contributed by atoms with E-state index in [4.69, 9.17) is 9.47 Å². The Morgan fingerprint density at radius 3 is 2.61 bits per heavy atom. The number of methoxy groups -OCH3 is 1. The van der Waals surface area contributed by atoms with Crippen molar-refractivity contribution >= 4 is 11.8 Å². The lowest BCUT2D eigenvalue weighted by Gasteiger charge is -2.33. The van der Waals surface area contributed by atoms with Gasteiger partial charge in [-0.15, -0.1) is 0 Å². The molecule has 0 aromatic heterocycles. The lowest BCUT2D eigenvalue weighted by atomic mass is 10.1. The monoisotopic (exact) mass is 382 g/mol. The van der Waals surface area contributed by atoms with Gasteiger partial charge in [0.05, 0.1) is 19.6 Å². The fraction of sp³-hybridized carbons (Fsp3) is 0.364. The molecule has 0 spiro atoms. The Hall–Kier alpha value is -2.86. The second-order valence-corrected chi connectivity index (χ2v) is 6.84. The molecule has 0 bridgehead atoms. The number of nitrogens with zero attached hydrogens (tertiary/aromatic N) is 1. The van der Waals surface area contributed by atoms with E-state index in [9.17, 15) is 9.59 Å². The van der Waals surface area contributed by atoms with Gasteiger partial charge in [-0.25, -0.2) is 0 Å². The molecule has 0 saturated carbocycles. The van der Waals surface area contributed by atoms with Crippen LogP contribution in [0.5, 0.6) is 5.75 Å². The Labute approximate surface area is 165 Å². The van der Waals surface area contributed by atoms with E-state index in [2.05, 4.69) is 17.4 Å². The van der Waals surface area contributed by atoms with Gasteiger partial charge < -0.3 is 19.7 Å². The molecule has 28 heavy (non-hydrogen) atoms. The number of carbonyl (C=O) groups is 2. The Kier molecular flexibility index (Phi) is 7.03. The number of ether oxygens (including phenoxy) is 2. The summed E-state index contributed by atoms with van der Waals surface area (Å²) in [5, 5.41) is 2.91. The van der Waals surface area contributed by atoms with E-state index in [0.717, 1.165) is 17.7 Å². The van der Waals surface area contributed by atoms with Gasteiger partial charge in [0, 0.05) is 19.6 Å². The van der Waals surface area contributed by atoms with Gasteiger partial charge in [-0.3, -0.25) is 9.59 Å². The lowest BCUT2D eigenvalue weighted by molar-refractivity contribution is -0.148. The average molecular weight is 382 g/mol. The average Bonchev–Trinajstić information content (AvgIpc) is 2.73. The van der Waals surface area contributed by atoms with E-state index in [1.165, 1.54) is 5.56 Å². The van der Waals surface area contributed by atoms with Crippen molar-refractivity contribution < 1.29 is 19.1 Å². The number of amides is 2. The van der Waals surface area contributed by atoms with Gasteiger partial charge in [0.15, 0.2) is 0 Å². The second-order valence-electron chi connectivity index (χ2n) is 6.84. The SMILES string of the molecule is COc1ccc(CC(=O)NCC2CN(CCc3ccccc3)C(=O)CO2)cc1. The first-order valence-corrected chi connectivity index (χ1v) is 9.47. The third-order valence-electron chi connectivity index (χ3n) is 4.78. The summed E-state index contributed by atoms with van der Waals surface area (Å²) in [7, 11) is 1.61. The first-order chi connectivity index (χ1) is 13.6. The smallest absolute Gasteiger partial charge is 0.248 e. The molecule has 0 radical (unpaired) electrons. The maximum absolute atomic E-state index is 12.2. The predicted molar refractivity (Wildman–Crippen MR) is 106 cm³/mol. The van der Waals surface area contributed by atoms with Gasteiger partial charge in [0.25, 0.3) is 0 Å². The topological polar surface area (TPSA) is 67.9 Å². The van der Waals surface area contributed by atoms with Gasteiger partial charge in [-0.1, -0.05) is 42.5 Å². The highest BCUT2D eigenvalue weighted by atomic mass is 16.5. The summed E-state index contributed by atoms with van der Waals surface area (Å²) in [6.07, 6.45) is 0.921. The van der Waals surface area contributed by atoms with Crippen molar-refractivity contribution in [2.45, 2.75) is 18.9 Å². The summed E-state index contributed by atoms with van der Waals surface area (Å²) in [5.74, 6) is 0.693. The van der Waals surface area contributed by atoms with Crippen LogP contribution in [0.4, 0.5) is 0 Å². The normalized spacial score (nSPS) is 16.7. The van der Waals surface area contributed by atoms with Gasteiger partial charge >= 0.3 is 0 Å². The molecule has 2 aromatic carbocycles. The second kappa shape index (κ2) is 9.90. The quantitative estimate of drug-likeness (QED) is 0.756. The van der Waals surface area contributed by atoms with Crippen LogP contribution in [-0.4, -0.2) is 56.2 Å². The lowest BCUT2D eigenvalue weighted by Crippen LogP contribution is -2.51. The summed E-state index contributed by atoms with van der Waals surface area (Å²) in [6.45, 7) is 1.61. The number of hydrogen-bond acceptors (Lipinski definition) is 4. The Bertz CT molecular complexity index is 777. The van der Waals surface area contributed by atoms with E-state index in [-0.39, 0.29) is 24.5 Å². The van der Waals surface area contributed by atoms with Crippen LogP contribution >= 0.6 is 0 Å². The van der Waals surface area contributed by atoms with Crippen molar-refractivity contribution in [2.75, 3.05) is 33.4 Å². The highest BCUT2D eigenvalue weighted by Gasteiger charge is 2.26. The molecule has 1 unspecified atom stereocenters. The van der Waals surface area contributed by atoms with Crippen LogP contribution in [0.1, 0.15) is 11.1 Å². The number of nitrogens with one attached hydrogen (secondary N) is 1. The van der Waals surface area contributed by atoms with Gasteiger partial charge in [0.2, 0.25) is 11.8 Å². The van der Waals surface area contributed by atoms with Crippen LogP contribution in [0.2, 0.25) is 0 Å². The Morgan fingerprint density at radius 1 is 1.14 bits per heavy atom. The molecule has 1 saturated heterocycles. The fourth-order valence-electron chi connectivity index (χ4n) is 3.15. The zero-order chi connectivity index (χ0) is 19.8. The largest absolute Gasteiger partial charge is 0.497 e. The van der Waals surface area contributed by atoms with Gasteiger partial charge in [-0.05, 0) is 29.7 Å². The first-order valence-electron chi connectivity index (χ1n) is 9.47. The van der Waals surface area contributed by atoms with E-state index < -0.39 is 0 Å². The highest BCUT2D eigenvalue weighted by molar-refractivity contribution is 5.79. The van der Waals surface area contributed by atoms with E-state index in [1.54, 1.807) is 7.11 Å². The molecule has 2 amide bonds. The van der Waals surface area contributed by atoms with Crippen molar-refractivity contribution in [3.8, 4) is 5.75 Å². The molecule has 3 rings (SSSR count). The summed E-state index contributed by atoms with van der Waals surface area (Å²) < 4.78 is 10.7. The van der Waals surface area contributed by atoms with Gasteiger partial charge in [-0.2, -0.15) is 0 Å². The molecule has 6 nitrogen and oxygen atoms in total. The molecule has 1 aliphatic rings. The number of rotatable bonds is 8. The number of carbonyl (C=O) groups excluding carboxylic acids is 2. The molecule has 1 heterocycles. The third-order valence-corrected chi connectivity index (χ3v) is 4.78.